The van der Waals surface area contributed by atoms with Gasteiger partial charge in [0.25, 0.3) is 0 Å². The van der Waals surface area contributed by atoms with Crippen LogP contribution in [0.2, 0.25) is 0 Å². The molecule has 9 heteroatoms. The van der Waals surface area contributed by atoms with Crippen LogP contribution < -0.4 is 5.32 Å². The Labute approximate surface area is 509 Å². The third-order valence-corrected chi connectivity index (χ3v) is 16.3. The van der Waals surface area contributed by atoms with Gasteiger partial charge in [-0.15, -0.1) is 0 Å². The molecule has 0 radical (unpaired) electrons. The molecule has 3 N–H and O–H groups in total. The molecule has 0 aromatic heterocycles. The van der Waals surface area contributed by atoms with E-state index < -0.39 is 20.0 Å². The molecule has 476 valence electrons. The van der Waals surface area contributed by atoms with Gasteiger partial charge in [-0.2, -0.15) is 0 Å². The van der Waals surface area contributed by atoms with E-state index in [1.807, 2.05) is 27.2 Å². The fourth-order valence-electron chi connectivity index (χ4n) is 9.95. The number of carbonyl (C=O) groups is 1. The van der Waals surface area contributed by atoms with E-state index in [1.165, 1.54) is 205 Å². The van der Waals surface area contributed by atoms with Crippen LogP contribution in [0.3, 0.4) is 0 Å². The van der Waals surface area contributed by atoms with Crippen LogP contribution in [-0.2, 0) is 18.4 Å². The van der Waals surface area contributed by atoms with Gasteiger partial charge in [-0.05, 0) is 83.5 Å². The lowest BCUT2D eigenvalue weighted by Gasteiger charge is -2.25. The summed E-state index contributed by atoms with van der Waals surface area (Å²) < 4.78 is 23.8. The molecule has 3 unspecified atom stereocenters. The predicted molar refractivity (Wildman–Crippen MR) is 359 cm³/mol. The van der Waals surface area contributed by atoms with E-state index in [2.05, 4.69) is 104 Å². The number of carbonyl (C=O) groups excluding carboxylic acids is 1. The highest BCUT2D eigenvalue weighted by atomic mass is 31.2. The van der Waals surface area contributed by atoms with E-state index in [4.69, 9.17) is 9.05 Å². The molecular formula is C73H134N2O6P+. The number of nitrogens with one attached hydrogen (secondary N) is 1. The van der Waals surface area contributed by atoms with Crippen molar-refractivity contribution in [2.45, 2.75) is 321 Å². The quantitative estimate of drug-likeness (QED) is 0.0243. The molecule has 0 rings (SSSR count). The van der Waals surface area contributed by atoms with Gasteiger partial charge in [0.05, 0.1) is 39.9 Å². The summed E-state index contributed by atoms with van der Waals surface area (Å²) >= 11 is 0. The summed E-state index contributed by atoms with van der Waals surface area (Å²) in [5.41, 5.74) is 0. The van der Waals surface area contributed by atoms with Crippen LogP contribution in [0.5, 0.6) is 0 Å². The van der Waals surface area contributed by atoms with Crippen molar-refractivity contribution >= 4 is 13.7 Å². The summed E-state index contributed by atoms with van der Waals surface area (Å²) in [4.78, 5) is 23.4. The Morgan fingerprint density at radius 3 is 1.12 bits per heavy atom. The Bertz CT molecular complexity index is 1660. The normalized spacial score (nSPS) is 14.3. The van der Waals surface area contributed by atoms with Crippen LogP contribution in [0.1, 0.15) is 309 Å². The zero-order valence-corrected chi connectivity index (χ0v) is 55.4. The summed E-state index contributed by atoms with van der Waals surface area (Å²) in [7, 11) is 1.55. The number of phosphoric acid groups is 1. The van der Waals surface area contributed by atoms with E-state index in [0.717, 1.165) is 83.5 Å². The number of amides is 1. The average molecular weight is 1170 g/mol. The maximum Gasteiger partial charge on any atom is 0.472 e. The van der Waals surface area contributed by atoms with Crippen LogP contribution in [0.15, 0.2) is 97.2 Å². The first kappa shape index (κ1) is 79.4. The lowest BCUT2D eigenvalue weighted by molar-refractivity contribution is -0.870. The predicted octanol–water partition coefficient (Wildman–Crippen LogP) is 22.1. The van der Waals surface area contributed by atoms with Crippen LogP contribution >= 0.6 is 7.82 Å². The molecule has 0 fully saturated rings. The van der Waals surface area contributed by atoms with Gasteiger partial charge in [-0.3, -0.25) is 13.8 Å². The summed E-state index contributed by atoms with van der Waals surface area (Å²) in [6.45, 7) is 4.70. The van der Waals surface area contributed by atoms with Gasteiger partial charge < -0.3 is 19.8 Å². The van der Waals surface area contributed by atoms with Gasteiger partial charge in [-0.25, -0.2) is 4.57 Å². The van der Waals surface area contributed by atoms with Gasteiger partial charge in [0.2, 0.25) is 5.91 Å². The van der Waals surface area contributed by atoms with E-state index >= 15 is 0 Å². The number of phosphoric ester groups is 1. The fourth-order valence-corrected chi connectivity index (χ4v) is 10.7. The number of rotatable bonds is 63. The molecule has 0 aliphatic heterocycles. The maximum absolute atomic E-state index is 13.0. The number of quaternary nitrogens is 1. The first-order valence-electron chi connectivity index (χ1n) is 34.6. The minimum Gasteiger partial charge on any atom is -0.387 e. The zero-order chi connectivity index (χ0) is 59.8. The summed E-state index contributed by atoms with van der Waals surface area (Å²) in [6, 6.07) is -0.874. The Morgan fingerprint density at radius 2 is 0.744 bits per heavy atom. The first-order chi connectivity index (χ1) is 40.0. The number of aliphatic hydroxyl groups excluding tert-OH is 1. The van der Waals surface area contributed by atoms with Crippen molar-refractivity contribution in [3.63, 3.8) is 0 Å². The van der Waals surface area contributed by atoms with Crippen molar-refractivity contribution in [1.82, 2.24) is 5.32 Å². The molecule has 0 bridgehead atoms. The second-order valence-corrected chi connectivity index (χ2v) is 26.0. The van der Waals surface area contributed by atoms with Gasteiger partial charge >= 0.3 is 7.82 Å². The number of allylic oxidation sites excluding steroid dienone is 15. The van der Waals surface area contributed by atoms with Gasteiger partial charge in [0.15, 0.2) is 0 Å². The molecule has 0 aromatic rings. The van der Waals surface area contributed by atoms with E-state index in [-0.39, 0.29) is 19.1 Å². The number of hydrogen-bond acceptors (Lipinski definition) is 5. The summed E-state index contributed by atoms with van der Waals surface area (Å²) in [6.07, 6.45) is 91.3. The molecule has 8 nitrogen and oxygen atoms in total. The Hall–Kier alpha value is -2.58. The molecular weight excluding hydrogens is 1030 g/mol. The minimum atomic E-state index is -4.37. The molecule has 0 aliphatic carbocycles. The molecule has 0 saturated carbocycles. The Morgan fingerprint density at radius 1 is 0.427 bits per heavy atom. The van der Waals surface area contributed by atoms with Gasteiger partial charge in [0.1, 0.15) is 13.2 Å². The highest BCUT2D eigenvalue weighted by Crippen LogP contribution is 2.43. The van der Waals surface area contributed by atoms with Crippen molar-refractivity contribution in [3.8, 4) is 0 Å². The lowest BCUT2D eigenvalue weighted by Crippen LogP contribution is -2.45. The third-order valence-electron chi connectivity index (χ3n) is 15.3. The number of likely N-dealkylation sites (N-methyl/N-ethyl adjacent to an activating group) is 1. The summed E-state index contributed by atoms with van der Waals surface area (Å²) in [5.74, 6) is -0.192. The molecule has 82 heavy (non-hydrogen) atoms. The third kappa shape index (κ3) is 65.0. The van der Waals surface area contributed by atoms with Crippen molar-refractivity contribution in [2.24, 2.45) is 0 Å². The van der Waals surface area contributed by atoms with Crippen LogP contribution in [-0.4, -0.2) is 73.4 Å². The van der Waals surface area contributed by atoms with Crippen molar-refractivity contribution in [1.29, 1.82) is 0 Å². The lowest BCUT2D eigenvalue weighted by atomic mass is 10.0. The standard InChI is InChI=1S/C73H133N2O6P/c1-6-8-10-12-14-16-18-20-22-24-26-28-30-32-34-36-37-39-40-42-44-46-48-50-52-54-56-58-60-62-64-66-72(76)71(70-81-82(78,79)80-69-68-75(3,4)5)74-73(77)67-65-63-61-59-57-55-53-51-49-47-45-43-41-38-35-33-31-29-27-25-23-21-19-17-15-13-11-9-7-2/h9,11,15,17,21,23,27,29,33,35,41,43,56,58,64,66,71-72,76H,6-8,10,12-14,16,18-20,22,24-26,28,30-32,34,36-40,42,44-55,57,59-63,65,67-70H2,1-5H3,(H-,74,77,78,79)/p+1/b11-9-,17-15-,23-21-,29-27-,35-33-,43-41-,58-56+,66-64+. The van der Waals surface area contributed by atoms with Gasteiger partial charge in [-0.1, -0.05) is 317 Å². The number of nitrogens with zero attached hydrogens (tertiary/aromatic N) is 1. The van der Waals surface area contributed by atoms with Crippen molar-refractivity contribution in [2.75, 3.05) is 40.9 Å². The number of aliphatic hydroxyl groups is 1. The monoisotopic (exact) mass is 1170 g/mol. The largest absolute Gasteiger partial charge is 0.472 e. The summed E-state index contributed by atoms with van der Waals surface area (Å²) in [5, 5.41) is 14.0. The SMILES string of the molecule is CC/C=C\C/C=C\C/C=C\C/C=C\C/C=C\C/C=C\CCCCCCCCCCCCC(=O)NC(COP(=O)(O)OCC[N+](C)(C)C)C(O)/C=C/CC/C=C/CCCCCCCCCCCCCCCCCCCCCCCCCCC. The maximum atomic E-state index is 13.0. The minimum absolute atomic E-state index is 0.0513. The molecule has 0 heterocycles. The molecule has 0 saturated heterocycles. The van der Waals surface area contributed by atoms with Crippen molar-refractivity contribution < 1.29 is 32.9 Å². The Kier molecular flexibility index (Phi) is 61.0. The van der Waals surface area contributed by atoms with E-state index in [1.54, 1.807) is 6.08 Å². The van der Waals surface area contributed by atoms with Crippen LogP contribution in [0.25, 0.3) is 0 Å². The van der Waals surface area contributed by atoms with E-state index in [0.29, 0.717) is 17.4 Å². The molecule has 0 aromatic carbocycles. The zero-order valence-electron chi connectivity index (χ0n) is 54.5. The highest BCUT2D eigenvalue weighted by Gasteiger charge is 2.28. The first-order valence-corrected chi connectivity index (χ1v) is 36.1. The second kappa shape index (κ2) is 62.9. The van der Waals surface area contributed by atoms with Crippen molar-refractivity contribution in [3.05, 3.63) is 97.2 Å². The Balaban J connectivity index is 4.15. The smallest absolute Gasteiger partial charge is 0.387 e. The fraction of sp³-hybridized carbons (Fsp3) is 0.767. The molecule has 3 atom stereocenters. The molecule has 0 spiro atoms. The van der Waals surface area contributed by atoms with E-state index in [9.17, 15) is 19.4 Å². The second-order valence-electron chi connectivity index (χ2n) is 24.5. The topological polar surface area (TPSA) is 105 Å². The highest BCUT2D eigenvalue weighted by molar-refractivity contribution is 7.47. The average Bonchev–Trinajstić information content (AvgIpc) is 3.47. The molecule has 1 amide bonds. The van der Waals surface area contributed by atoms with Crippen LogP contribution in [0.4, 0.5) is 0 Å². The van der Waals surface area contributed by atoms with Gasteiger partial charge in [0, 0.05) is 6.42 Å². The molecule has 0 aliphatic rings. The number of unbranched alkanes of at least 4 members (excludes halogenated alkanes) is 36. The van der Waals surface area contributed by atoms with Crippen LogP contribution in [0, 0.1) is 0 Å². The number of hydrogen-bond donors (Lipinski definition) is 3.